The lowest BCUT2D eigenvalue weighted by atomic mass is 9.92. The summed E-state index contributed by atoms with van der Waals surface area (Å²) in [6.45, 7) is 1.37. The minimum absolute atomic E-state index is 0.00854. The quantitative estimate of drug-likeness (QED) is 0.613. The number of carbonyl (C=O) groups is 1. The van der Waals surface area contributed by atoms with Gasteiger partial charge in [0.25, 0.3) is 0 Å². The molecule has 3 heterocycles. The number of aryl methyl sites for hydroxylation is 2. The van der Waals surface area contributed by atoms with Crippen molar-refractivity contribution in [3.8, 4) is 0 Å². The maximum absolute atomic E-state index is 13.2. The summed E-state index contributed by atoms with van der Waals surface area (Å²) in [7, 11) is 3.74. The van der Waals surface area contributed by atoms with Gasteiger partial charge in [-0.3, -0.25) is 4.79 Å². The highest BCUT2D eigenvalue weighted by atomic mass is 19.1. The van der Waals surface area contributed by atoms with E-state index in [1.165, 1.54) is 12.3 Å². The molecular formula is C24H30FN5O2. The van der Waals surface area contributed by atoms with Gasteiger partial charge in [0, 0.05) is 40.0 Å². The Hall–Kier alpha value is -3.00. The van der Waals surface area contributed by atoms with E-state index in [9.17, 15) is 14.3 Å². The molecule has 1 aliphatic rings. The lowest BCUT2D eigenvalue weighted by molar-refractivity contribution is -0.133. The van der Waals surface area contributed by atoms with Crippen molar-refractivity contribution in [3.05, 3.63) is 54.2 Å². The minimum Gasteiger partial charge on any atom is -0.386 e. The Morgan fingerprint density at radius 1 is 1.28 bits per heavy atom. The number of β-amino-alcohol motifs (C(OH)–C–C–N with tert-alkyl or cyclic N) is 1. The number of pyridine rings is 1. The Morgan fingerprint density at radius 3 is 2.84 bits per heavy atom. The second-order valence-electron chi connectivity index (χ2n) is 8.76. The van der Waals surface area contributed by atoms with E-state index in [1.807, 2.05) is 36.2 Å². The molecule has 0 bridgehead atoms. The molecule has 1 N–H and O–H groups in total. The smallest absolute Gasteiger partial charge is 0.222 e. The Kier molecular flexibility index (Phi) is 6.41. The van der Waals surface area contributed by atoms with Gasteiger partial charge in [-0.25, -0.2) is 14.4 Å². The maximum atomic E-state index is 13.2. The van der Waals surface area contributed by atoms with E-state index in [4.69, 9.17) is 0 Å². The Balaban J connectivity index is 1.30. The van der Waals surface area contributed by atoms with Crippen LogP contribution in [0.3, 0.4) is 0 Å². The number of benzene rings is 1. The van der Waals surface area contributed by atoms with Crippen molar-refractivity contribution in [2.75, 3.05) is 31.6 Å². The first-order valence-corrected chi connectivity index (χ1v) is 11.1. The van der Waals surface area contributed by atoms with Gasteiger partial charge >= 0.3 is 0 Å². The number of hydrogen-bond acceptors (Lipinski definition) is 5. The van der Waals surface area contributed by atoms with Gasteiger partial charge in [0.15, 0.2) is 0 Å². The van der Waals surface area contributed by atoms with Crippen molar-refractivity contribution in [3.63, 3.8) is 0 Å². The molecule has 170 valence electrons. The van der Waals surface area contributed by atoms with Crippen LogP contribution in [-0.2, 0) is 18.3 Å². The third-order valence-electron chi connectivity index (χ3n) is 6.22. The van der Waals surface area contributed by atoms with E-state index >= 15 is 0 Å². The normalized spacial score (nSPS) is 18.8. The highest BCUT2D eigenvalue weighted by molar-refractivity contribution is 5.76. The van der Waals surface area contributed by atoms with Crippen molar-refractivity contribution in [2.24, 2.45) is 7.05 Å². The van der Waals surface area contributed by atoms with Crippen LogP contribution in [0, 0.1) is 5.82 Å². The molecule has 0 aliphatic carbocycles. The first kappa shape index (κ1) is 22.2. The Morgan fingerprint density at radius 2 is 2.09 bits per heavy atom. The molecule has 0 spiro atoms. The second-order valence-corrected chi connectivity index (χ2v) is 8.76. The van der Waals surface area contributed by atoms with Gasteiger partial charge in [0.1, 0.15) is 17.5 Å². The maximum Gasteiger partial charge on any atom is 0.222 e. The van der Waals surface area contributed by atoms with E-state index in [0.29, 0.717) is 31.6 Å². The van der Waals surface area contributed by atoms with Gasteiger partial charge in [-0.05, 0) is 43.5 Å². The largest absolute Gasteiger partial charge is 0.386 e. The number of aromatic nitrogens is 3. The zero-order chi connectivity index (χ0) is 22.7. The van der Waals surface area contributed by atoms with Gasteiger partial charge in [-0.15, -0.1) is 0 Å². The van der Waals surface area contributed by atoms with E-state index in [2.05, 4.69) is 14.5 Å². The van der Waals surface area contributed by atoms with Gasteiger partial charge in [0.05, 0.1) is 29.4 Å². The standard InChI is InChI=1S/C24H30FN5O2/c1-28(16-24(32)13-6-14-30(17-24)21-12-11-18(25)15-26-21)23(31)10-5-9-22-27-19-7-3-4-8-20(19)29(22)2/h3-4,7-8,11-12,15,32H,5-6,9-10,13-14,16-17H2,1-2H3/t24-/m1/s1. The topological polar surface area (TPSA) is 74.5 Å². The molecule has 0 radical (unpaired) electrons. The first-order chi connectivity index (χ1) is 15.3. The molecule has 4 rings (SSSR count). The zero-order valence-electron chi connectivity index (χ0n) is 18.7. The lowest BCUT2D eigenvalue weighted by Crippen LogP contribution is -2.54. The average Bonchev–Trinajstić information content (AvgIpc) is 3.09. The molecule has 1 aromatic carbocycles. The molecule has 0 unspecified atom stereocenters. The van der Waals surface area contributed by atoms with E-state index in [1.54, 1.807) is 18.0 Å². The molecule has 1 aliphatic heterocycles. The predicted octanol–water partition coefficient (Wildman–Crippen LogP) is 2.92. The number of anilines is 1. The predicted molar refractivity (Wildman–Crippen MR) is 122 cm³/mol. The molecule has 32 heavy (non-hydrogen) atoms. The number of likely N-dealkylation sites (N-methyl/N-ethyl adjacent to an activating group) is 1. The number of fused-ring (bicyclic) bond motifs is 1. The number of piperidine rings is 1. The van der Waals surface area contributed by atoms with Crippen LogP contribution < -0.4 is 4.90 Å². The lowest BCUT2D eigenvalue weighted by Gasteiger charge is -2.41. The van der Waals surface area contributed by atoms with Gasteiger partial charge in [-0.2, -0.15) is 0 Å². The number of carbonyl (C=O) groups excluding carboxylic acids is 1. The summed E-state index contributed by atoms with van der Waals surface area (Å²) < 4.78 is 15.2. The van der Waals surface area contributed by atoms with Crippen LogP contribution in [0.5, 0.6) is 0 Å². The molecule has 1 fully saturated rings. The van der Waals surface area contributed by atoms with Crippen molar-refractivity contribution in [1.29, 1.82) is 0 Å². The minimum atomic E-state index is -1.02. The highest BCUT2D eigenvalue weighted by Crippen LogP contribution is 2.26. The van der Waals surface area contributed by atoms with Crippen molar-refractivity contribution in [1.82, 2.24) is 19.4 Å². The number of amides is 1. The fourth-order valence-corrected chi connectivity index (χ4v) is 4.53. The number of para-hydroxylation sites is 2. The van der Waals surface area contributed by atoms with Crippen molar-refractivity contribution in [2.45, 2.75) is 37.7 Å². The third kappa shape index (κ3) is 4.91. The second kappa shape index (κ2) is 9.24. The van der Waals surface area contributed by atoms with Gasteiger partial charge in [-0.1, -0.05) is 12.1 Å². The van der Waals surface area contributed by atoms with Crippen LogP contribution in [0.2, 0.25) is 0 Å². The monoisotopic (exact) mass is 439 g/mol. The van der Waals surface area contributed by atoms with Crippen LogP contribution in [0.4, 0.5) is 10.2 Å². The summed E-state index contributed by atoms with van der Waals surface area (Å²) in [6.07, 6.45) is 4.40. The van der Waals surface area contributed by atoms with Gasteiger partial charge < -0.3 is 19.5 Å². The molecule has 2 aromatic heterocycles. The number of imidazole rings is 1. The molecule has 1 amide bonds. The molecule has 7 nitrogen and oxygen atoms in total. The molecular weight excluding hydrogens is 409 g/mol. The number of hydrogen-bond donors (Lipinski definition) is 1. The fourth-order valence-electron chi connectivity index (χ4n) is 4.53. The summed E-state index contributed by atoms with van der Waals surface area (Å²) in [4.78, 5) is 25.1. The number of rotatable bonds is 7. The average molecular weight is 440 g/mol. The number of halogens is 1. The van der Waals surface area contributed by atoms with E-state index < -0.39 is 5.60 Å². The Labute approximate surface area is 187 Å². The highest BCUT2D eigenvalue weighted by Gasteiger charge is 2.35. The van der Waals surface area contributed by atoms with Crippen LogP contribution in [0.15, 0.2) is 42.6 Å². The molecule has 3 aromatic rings. The van der Waals surface area contributed by atoms with Crippen LogP contribution >= 0.6 is 0 Å². The molecule has 1 atom stereocenters. The third-order valence-corrected chi connectivity index (χ3v) is 6.22. The number of aliphatic hydroxyl groups is 1. The summed E-state index contributed by atoms with van der Waals surface area (Å²) in [5, 5.41) is 11.1. The fraction of sp³-hybridized carbons (Fsp3) is 0.458. The summed E-state index contributed by atoms with van der Waals surface area (Å²) in [5.74, 6) is 1.23. The van der Waals surface area contributed by atoms with Crippen molar-refractivity contribution < 1.29 is 14.3 Å². The van der Waals surface area contributed by atoms with Gasteiger partial charge in [0.2, 0.25) is 5.91 Å². The summed E-state index contributed by atoms with van der Waals surface area (Å²) in [5.41, 5.74) is 1.04. The summed E-state index contributed by atoms with van der Waals surface area (Å²) >= 11 is 0. The van der Waals surface area contributed by atoms with Crippen LogP contribution in [0.25, 0.3) is 11.0 Å². The molecule has 1 saturated heterocycles. The van der Waals surface area contributed by atoms with Crippen molar-refractivity contribution >= 4 is 22.8 Å². The SMILES string of the molecule is CN(C[C@]1(O)CCCN(c2ccc(F)cn2)C1)C(=O)CCCc1nc2ccccc2n1C. The Bertz CT molecular complexity index is 1080. The summed E-state index contributed by atoms with van der Waals surface area (Å²) in [6, 6.07) is 11.0. The van der Waals surface area contributed by atoms with E-state index in [-0.39, 0.29) is 18.3 Å². The van der Waals surface area contributed by atoms with Crippen LogP contribution in [-0.4, -0.2) is 62.7 Å². The number of nitrogens with zero attached hydrogens (tertiary/aromatic N) is 5. The molecule has 0 saturated carbocycles. The zero-order valence-corrected chi connectivity index (χ0v) is 18.7. The van der Waals surface area contributed by atoms with E-state index in [0.717, 1.165) is 36.2 Å². The first-order valence-electron chi connectivity index (χ1n) is 11.1. The van der Waals surface area contributed by atoms with Crippen LogP contribution in [0.1, 0.15) is 31.5 Å². The molecule has 8 heteroatoms.